The lowest BCUT2D eigenvalue weighted by Crippen LogP contribution is -2.16. The predicted octanol–water partition coefficient (Wildman–Crippen LogP) is 2.66. The molecule has 0 fully saturated rings. The van der Waals surface area contributed by atoms with Crippen molar-refractivity contribution in [3.63, 3.8) is 0 Å². The third-order valence-electron chi connectivity index (χ3n) is 3.23. The second kappa shape index (κ2) is 5.40. The molecule has 1 heterocycles. The van der Waals surface area contributed by atoms with E-state index in [-0.39, 0.29) is 11.5 Å². The lowest BCUT2D eigenvalue weighted by molar-refractivity contribution is 0.0948. The number of aryl methyl sites for hydroxylation is 1. The SMILES string of the molecule is Cc1ccc(-c2nc(N)n(C(=O)c3ccc(F)cc3)n2)cc1. The van der Waals surface area contributed by atoms with E-state index in [1.165, 1.54) is 24.3 Å². The summed E-state index contributed by atoms with van der Waals surface area (Å²) < 4.78 is 13.9. The molecule has 0 aliphatic rings. The number of carbonyl (C=O) groups is 1. The fraction of sp³-hybridized carbons (Fsp3) is 0.0625. The number of nitrogen functional groups attached to an aromatic ring is 1. The quantitative estimate of drug-likeness (QED) is 0.789. The summed E-state index contributed by atoms with van der Waals surface area (Å²) in [6, 6.07) is 12.7. The lowest BCUT2D eigenvalue weighted by atomic mass is 10.1. The topological polar surface area (TPSA) is 73.8 Å². The van der Waals surface area contributed by atoms with Crippen molar-refractivity contribution in [3.05, 3.63) is 65.5 Å². The molecule has 0 atom stereocenters. The van der Waals surface area contributed by atoms with E-state index in [1.54, 1.807) is 0 Å². The van der Waals surface area contributed by atoms with E-state index in [0.717, 1.165) is 15.8 Å². The van der Waals surface area contributed by atoms with Gasteiger partial charge in [-0.25, -0.2) is 4.39 Å². The Hall–Kier alpha value is -3.02. The molecule has 0 unspecified atom stereocenters. The van der Waals surface area contributed by atoms with Crippen molar-refractivity contribution in [2.45, 2.75) is 6.92 Å². The Bertz CT molecular complexity index is 822. The Kier molecular flexibility index (Phi) is 3.42. The standard InChI is InChI=1S/C16H13FN4O/c1-10-2-4-11(5-3-10)14-19-16(18)21(20-14)15(22)12-6-8-13(17)9-7-12/h2-9H,1H3,(H2,18,19,20). The monoisotopic (exact) mass is 296 g/mol. The van der Waals surface area contributed by atoms with Crippen LogP contribution in [0.5, 0.6) is 0 Å². The highest BCUT2D eigenvalue weighted by atomic mass is 19.1. The predicted molar refractivity (Wildman–Crippen MR) is 80.7 cm³/mol. The van der Waals surface area contributed by atoms with Crippen molar-refractivity contribution < 1.29 is 9.18 Å². The Labute approximate surface area is 126 Å². The van der Waals surface area contributed by atoms with Crippen LogP contribution in [0.15, 0.2) is 48.5 Å². The largest absolute Gasteiger partial charge is 0.368 e. The van der Waals surface area contributed by atoms with Crippen molar-refractivity contribution >= 4 is 11.9 Å². The molecule has 0 aliphatic carbocycles. The fourth-order valence-corrected chi connectivity index (χ4v) is 2.01. The number of carbonyl (C=O) groups excluding carboxylic acids is 1. The minimum atomic E-state index is -0.455. The molecule has 0 aliphatic heterocycles. The van der Waals surface area contributed by atoms with Crippen LogP contribution in [-0.4, -0.2) is 20.7 Å². The van der Waals surface area contributed by atoms with E-state index < -0.39 is 11.7 Å². The normalized spacial score (nSPS) is 10.6. The minimum Gasteiger partial charge on any atom is -0.368 e. The number of aromatic nitrogens is 3. The summed E-state index contributed by atoms with van der Waals surface area (Å²) in [6.07, 6.45) is 0. The maximum absolute atomic E-state index is 12.9. The van der Waals surface area contributed by atoms with Crippen LogP contribution in [0.1, 0.15) is 15.9 Å². The summed E-state index contributed by atoms with van der Waals surface area (Å²) in [6.45, 7) is 1.97. The Morgan fingerprint density at radius 2 is 1.73 bits per heavy atom. The van der Waals surface area contributed by atoms with Crippen LogP contribution in [-0.2, 0) is 0 Å². The average Bonchev–Trinajstić information content (AvgIpc) is 2.90. The van der Waals surface area contributed by atoms with E-state index in [2.05, 4.69) is 10.1 Å². The summed E-state index contributed by atoms with van der Waals surface area (Å²) in [7, 11) is 0. The highest BCUT2D eigenvalue weighted by Gasteiger charge is 2.16. The maximum atomic E-state index is 12.9. The van der Waals surface area contributed by atoms with Gasteiger partial charge in [0.1, 0.15) is 5.82 Å². The van der Waals surface area contributed by atoms with Gasteiger partial charge in [-0.15, -0.1) is 5.10 Å². The van der Waals surface area contributed by atoms with Gasteiger partial charge in [-0.2, -0.15) is 9.67 Å². The highest BCUT2D eigenvalue weighted by Crippen LogP contribution is 2.18. The molecule has 5 nitrogen and oxygen atoms in total. The summed E-state index contributed by atoms with van der Waals surface area (Å²) in [5.74, 6) is -0.510. The van der Waals surface area contributed by atoms with Crippen LogP contribution < -0.4 is 5.73 Å². The zero-order valence-electron chi connectivity index (χ0n) is 11.8. The third-order valence-corrected chi connectivity index (χ3v) is 3.23. The number of rotatable bonds is 2. The first kappa shape index (κ1) is 13.9. The van der Waals surface area contributed by atoms with Crippen molar-refractivity contribution in [3.8, 4) is 11.4 Å². The number of benzene rings is 2. The molecule has 3 aromatic rings. The van der Waals surface area contributed by atoms with E-state index in [4.69, 9.17) is 5.73 Å². The molecule has 0 spiro atoms. The van der Waals surface area contributed by atoms with Crippen LogP contribution >= 0.6 is 0 Å². The van der Waals surface area contributed by atoms with Gasteiger partial charge in [0.25, 0.3) is 5.91 Å². The smallest absolute Gasteiger partial charge is 0.281 e. The molecule has 22 heavy (non-hydrogen) atoms. The summed E-state index contributed by atoms with van der Waals surface area (Å²) in [5.41, 5.74) is 7.93. The van der Waals surface area contributed by atoms with Gasteiger partial charge in [0.15, 0.2) is 5.82 Å². The van der Waals surface area contributed by atoms with E-state index in [1.807, 2.05) is 31.2 Å². The highest BCUT2D eigenvalue weighted by molar-refractivity contribution is 5.96. The van der Waals surface area contributed by atoms with E-state index in [9.17, 15) is 9.18 Å². The molecule has 0 amide bonds. The molecule has 2 N–H and O–H groups in total. The van der Waals surface area contributed by atoms with Crippen LogP contribution in [0.25, 0.3) is 11.4 Å². The van der Waals surface area contributed by atoms with Gasteiger partial charge in [0.2, 0.25) is 5.95 Å². The number of nitrogens with two attached hydrogens (primary N) is 1. The first-order valence-electron chi connectivity index (χ1n) is 6.64. The first-order chi connectivity index (χ1) is 10.5. The molecular formula is C16H13FN4O. The molecular weight excluding hydrogens is 283 g/mol. The van der Waals surface area contributed by atoms with E-state index >= 15 is 0 Å². The first-order valence-corrected chi connectivity index (χ1v) is 6.64. The molecule has 0 saturated heterocycles. The molecule has 1 aromatic heterocycles. The van der Waals surface area contributed by atoms with Crippen LogP contribution in [0.2, 0.25) is 0 Å². The molecule has 0 saturated carbocycles. The van der Waals surface area contributed by atoms with Gasteiger partial charge in [-0.1, -0.05) is 29.8 Å². The van der Waals surface area contributed by atoms with Crippen LogP contribution in [0, 0.1) is 12.7 Å². The van der Waals surface area contributed by atoms with Gasteiger partial charge in [0.05, 0.1) is 0 Å². The molecule has 2 aromatic carbocycles. The van der Waals surface area contributed by atoms with E-state index in [0.29, 0.717) is 5.82 Å². The number of nitrogens with zero attached hydrogens (tertiary/aromatic N) is 3. The number of halogens is 1. The zero-order valence-corrected chi connectivity index (χ0v) is 11.8. The van der Waals surface area contributed by atoms with Gasteiger partial charge < -0.3 is 5.73 Å². The van der Waals surface area contributed by atoms with Crippen molar-refractivity contribution in [1.82, 2.24) is 14.8 Å². The van der Waals surface area contributed by atoms with Crippen molar-refractivity contribution in [1.29, 1.82) is 0 Å². The average molecular weight is 296 g/mol. The molecule has 6 heteroatoms. The summed E-state index contributed by atoms with van der Waals surface area (Å²) in [4.78, 5) is 16.4. The lowest BCUT2D eigenvalue weighted by Gasteiger charge is -2.01. The van der Waals surface area contributed by atoms with Crippen LogP contribution in [0.3, 0.4) is 0 Å². The van der Waals surface area contributed by atoms with Gasteiger partial charge in [0, 0.05) is 11.1 Å². The number of hydrogen-bond acceptors (Lipinski definition) is 4. The Morgan fingerprint density at radius 1 is 1.09 bits per heavy atom. The summed E-state index contributed by atoms with van der Waals surface area (Å²) in [5, 5.41) is 4.15. The van der Waals surface area contributed by atoms with Crippen molar-refractivity contribution in [2.75, 3.05) is 5.73 Å². The third kappa shape index (κ3) is 2.58. The minimum absolute atomic E-state index is 0.00935. The Morgan fingerprint density at radius 3 is 2.36 bits per heavy atom. The number of hydrogen-bond donors (Lipinski definition) is 1. The van der Waals surface area contributed by atoms with Gasteiger partial charge in [-0.3, -0.25) is 4.79 Å². The second-order valence-corrected chi connectivity index (χ2v) is 4.88. The molecule has 0 bridgehead atoms. The maximum Gasteiger partial charge on any atom is 0.281 e. The summed E-state index contributed by atoms with van der Waals surface area (Å²) >= 11 is 0. The second-order valence-electron chi connectivity index (χ2n) is 4.88. The van der Waals surface area contributed by atoms with Gasteiger partial charge in [-0.05, 0) is 31.2 Å². The molecule has 3 rings (SSSR count). The Balaban J connectivity index is 1.97. The van der Waals surface area contributed by atoms with Crippen molar-refractivity contribution in [2.24, 2.45) is 0 Å². The fourth-order valence-electron chi connectivity index (χ4n) is 2.01. The van der Waals surface area contributed by atoms with Gasteiger partial charge >= 0.3 is 0 Å². The molecule has 0 radical (unpaired) electrons. The van der Waals surface area contributed by atoms with Crippen LogP contribution in [0.4, 0.5) is 10.3 Å². The number of anilines is 1. The molecule has 110 valence electrons. The zero-order chi connectivity index (χ0) is 15.7.